The lowest BCUT2D eigenvalue weighted by Gasteiger charge is -2.39. The van der Waals surface area contributed by atoms with Crippen molar-refractivity contribution in [2.45, 2.75) is 57.0 Å². The quantitative estimate of drug-likeness (QED) is 0.628. The van der Waals surface area contributed by atoms with E-state index in [1.807, 2.05) is 0 Å². The van der Waals surface area contributed by atoms with Crippen LogP contribution in [0.15, 0.2) is 28.7 Å². The van der Waals surface area contributed by atoms with E-state index in [-0.39, 0.29) is 4.75 Å². The van der Waals surface area contributed by atoms with Crippen LogP contribution >= 0.6 is 27.7 Å². The molecule has 0 N–H and O–H groups in total. The minimum atomic E-state index is 0.213. The first kappa shape index (κ1) is 15.2. The molecule has 2 heteroatoms. The van der Waals surface area contributed by atoms with Crippen LogP contribution in [0.25, 0.3) is 5.57 Å². The lowest BCUT2D eigenvalue weighted by molar-refractivity contribution is 0.698. The maximum absolute atomic E-state index is 3.62. The molecular weight excluding hydrogens is 316 g/mol. The standard InChI is InChI=1S/C17H23BrS/c1-6-12-7-8-14(18)9-15(12)13-10-16(2,3)19-17(4,5)11-13/h7-10H,6,11H2,1-5H3. The number of thioether (sulfide) groups is 1. The molecule has 1 aliphatic rings. The zero-order chi connectivity index (χ0) is 14.3. The van der Waals surface area contributed by atoms with E-state index in [9.17, 15) is 0 Å². The molecule has 1 aromatic rings. The Balaban J connectivity index is 2.51. The molecule has 0 unspecified atom stereocenters. The molecule has 0 radical (unpaired) electrons. The third kappa shape index (κ3) is 3.66. The largest absolute Gasteiger partial charge is 0.145 e. The maximum atomic E-state index is 3.62. The zero-order valence-corrected chi connectivity index (χ0v) is 14.9. The zero-order valence-electron chi connectivity index (χ0n) is 12.5. The molecule has 2 rings (SSSR count). The van der Waals surface area contributed by atoms with E-state index in [0.29, 0.717) is 4.75 Å². The summed E-state index contributed by atoms with van der Waals surface area (Å²) in [7, 11) is 0. The molecule has 0 nitrogen and oxygen atoms in total. The highest BCUT2D eigenvalue weighted by atomic mass is 79.9. The Labute approximate surface area is 130 Å². The molecule has 0 saturated heterocycles. The Bertz CT molecular complexity index is 512. The molecule has 0 aromatic heterocycles. The first-order chi connectivity index (χ1) is 8.72. The smallest absolute Gasteiger partial charge is 0.0293 e. The topological polar surface area (TPSA) is 0 Å². The van der Waals surface area contributed by atoms with Gasteiger partial charge in [0, 0.05) is 14.0 Å². The average molecular weight is 339 g/mol. The first-order valence-electron chi connectivity index (χ1n) is 6.93. The Morgan fingerprint density at radius 1 is 1.21 bits per heavy atom. The molecule has 1 aliphatic heterocycles. The van der Waals surface area contributed by atoms with Crippen molar-refractivity contribution >= 4 is 33.3 Å². The maximum Gasteiger partial charge on any atom is 0.0293 e. The van der Waals surface area contributed by atoms with E-state index >= 15 is 0 Å². The van der Waals surface area contributed by atoms with Gasteiger partial charge in [-0.05, 0) is 55.5 Å². The molecule has 0 saturated carbocycles. The second-order valence-corrected chi connectivity index (χ2v) is 9.74. The fourth-order valence-electron chi connectivity index (χ4n) is 3.04. The normalized spacial score (nSPS) is 21.1. The molecule has 1 aromatic carbocycles. The van der Waals surface area contributed by atoms with Gasteiger partial charge < -0.3 is 0 Å². The van der Waals surface area contributed by atoms with E-state index < -0.39 is 0 Å². The van der Waals surface area contributed by atoms with Crippen molar-refractivity contribution in [1.29, 1.82) is 0 Å². The monoisotopic (exact) mass is 338 g/mol. The minimum absolute atomic E-state index is 0.213. The number of hydrogen-bond acceptors (Lipinski definition) is 1. The molecule has 104 valence electrons. The molecule has 1 heterocycles. The summed E-state index contributed by atoms with van der Waals surface area (Å²) in [6, 6.07) is 6.69. The van der Waals surface area contributed by atoms with Crippen LogP contribution in [0.2, 0.25) is 0 Å². The predicted molar refractivity (Wildman–Crippen MR) is 91.9 cm³/mol. The Hall–Kier alpha value is -0.210. The molecule has 0 amide bonds. The molecule has 19 heavy (non-hydrogen) atoms. The van der Waals surface area contributed by atoms with Crippen LogP contribution in [0, 0.1) is 0 Å². The molecule has 0 aliphatic carbocycles. The molecule has 0 bridgehead atoms. The number of aryl methyl sites for hydroxylation is 1. The molecular formula is C17H23BrS. The summed E-state index contributed by atoms with van der Waals surface area (Å²) < 4.78 is 1.69. The highest BCUT2D eigenvalue weighted by molar-refractivity contribution is 9.10. The van der Waals surface area contributed by atoms with E-state index in [2.05, 4.69) is 86.6 Å². The van der Waals surface area contributed by atoms with Crippen molar-refractivity contribution in [2.24, 2.45) is 0 Å². The number of benzene rings is 1. The Morgan fingerprint density at radius 3 is 2.47 bits per heavy atom. The van der Waals surface area contributed by atoms with Crippen LogP contribution in [0.5, 0.6) is 0 Å². The van der Waals surface area contributed by atoms with Gasteiger partial charge in [0.15, 0.2) is 0 Å². The molecule has 0 fully saturated rings. The fourth-order valence-corrected chi connectivity index (χ4v) is 5.25. The van der Waals surface area contributed by atoms with Gasteiger partial charge in [0.1, 0.15) is 0 Å². The second-order valence-electron chi connectivity index (χ2n) is 6.47. The summed E-state index contributed by atoms with van der Waals surface area (Å²) in [6.07, 6.45) is 4.70. The molecule has 0 spiro atoms. The fraction of sp³-hybridized carbons (Fsp3) is 0.529. The minimum Gasteiger partial charge on any atom is -0.145 e. The second kappa shape index (κ2) is 5.29. The number of halogens is 1. The van der Waals surface area contributed by atoms with Gasteiger partial charge >= 0.3 is 0 Å². The van der Waals surface area contributed by atoms with Crippen molar-refractivity contribution < 1.29 is 0 Å². The lowest BCUT2D eigenvalue weighted by Crippen LogP contribution is -2.29. The lowest BCUT2D eigenvalue weighted by atomic mass is 9.89. The summed E-state index contributed by atoms with van der Waals surface area (Å²) in [5.74, 6) is 0. The first-order valence-corrected chi connectivity index (χ1v) is 8.54. The van der Waals surface area contributed by atoms with Gasteiger partial charge in [0.25, 0.3) is 0 Å². The van der Waals surface area contributed by atoms with E-state index in [1.165, 1.54) is 21.2 Å². The van der Waals surface area contributed by atoms with Crippen LogP contribution in [-0.4, -0.2) is 9.49 Å². The number of allylic oxidation sites excluding steroid dienone is 1. The third-order valence-electron chi connectivity index (χ3n) is 3.48. The number of hydrogen-bond donors (Lipinski definition) is 0. The van der Waals surface area contributed by atoms with Crippen LogP contribution in [-0.2, 0) is 6.42 Å². The van der Waals surface area contributed by atoms with Crippen LogP contribution < -0.4 is 0 Å². The summed E-state index contributed by atoms with van der Waals surface area (Å²) in [5.41, 5.74) is 4.39. The van der Waals surface area contributed by atoms with Gasteiger partial charge in [-0.25, -0.2) is 0 Å². The summed E-state index contributed by atoms with van der Waals surface area (Å²) in [4.78, 5) is 0. The van der Waals surface area contributed by atoms with E-state index in [0.717, 1.165) is 12.8 Å². The van der Waals surface area contributed by atoms with Crippen LogP contribution in [0.4, 0.5) is 0 Å². The SMILES string of the molecule is CCc1ccc(Br)cc1C1=CC(C)(C)SC(C)(C)C1. The van der Waals surface area contributed by atoms with Crippen molar-refractivity contribution in [3.63, 3.8) is 0 Å². The van der Waals surface area contributed by atoms with Crippen molar-refractivity contribution in [3.8, 4) is 0 Å². The van der Waals surface area contributed by atoms with Crippen LogP contribution in [0.3, 0.4) is 0 Å². The highest BCUT2D eigenvalue weighted by Crippen LogP contribution is 2.49. The third-order valence-corrected chi connectivity index (χ3v) is 5.31. The van der Waals surface area contributed by atoms with Crippen molar-refractivity contribution in [1.82, 2.24) is 0 Å². The van der Waals surface area contributed by atoms with Gasteiger partial charge in [-0.1, -0.05) is 48.8 Å². The van der Waals surface area contributed by atoms with Crippen LogP contribution in [0.1, 0.15) is 52.2 Å². The van der Waals surface area contributed by atoms with Gasteiger partial charge in [0.2, 0.25) is 0 Å². The van der Waals surface area contributed by atoms with Crippen molar-refractivity contribution in [3.05, 3.63) is 39.9 Å². The van der Waals surface area contributed by atoms with Crippen molar-refractivity contribution in [2.75, 3.05) is 0 Å². The average Bonchev–Trinajstić information content (AvgIpc) is 2.24. The highest BCUT2D eigenvalue weighted by Gasteiger charge is 2.34. The van der Waals surface area contributed by atoms with Gasteiger partial charge in [-0.2, -0.15) is 0 Å². The predicted octanol–water partition coefficient (Wildman–Crippen LogP) is 6.09. The van der Waals surface area contributed by atoms with Gasteiger partial charge in [-0.15, -0.1) is 11.8 Å². The summed E-state index contributed by atoms with van der Waals surface area (Å²) in [6.45, 7) is 11.6. The van der Waals surface area contributed by atoms with Gasteiger partial charge in [-0.3, -0.25) is 0 Å². The van der Waals surface area contributed by atoms with E-state index in [4.69, 9.17) is 0 Å². The summed E-state index contributed by atoms with van der Waals surface area (Å²) in [5, 5.41) is 0. The molecule has 0 atom stereocenters. The van der Waals surface area contributed by atoms with E-state index in [1.54, 1.807) is 0 Å². The number of rotatable bonds is 2. The van der Waals surface area contributed by atoms with Gasteiger partial charge in [0.05, 0.1) is 0 Å². The Morgan fingerprint density at radius 2 is 1.89 bits per heavy atom. The summed E-state index contributed by atoms with van der Waals surface area (Å²) >= 11 is 5.69. The Kier molecular flexibility index (Phi) is 4.23.